The van der Waals surface area contributed by atoms with Crippen LogP contribution in [0.2, 0.25) is 0 Å². The Morgan fingerprint density at radius 1 is 1.29 bits per heavy atom. The SMILES string of the molecule is Cc1c(CNC(=O)OC(C)(C)C)ccc(C(=O)O)c1CO. The zero-order valence-corrected chi connectivity index (χ0v) is 12.7. The number of carbonyl (C=O) groups is 2. The van der Waals surface area contributed by atoms with E-state index in [4.69, 9.17) is 9.84 Å². The van der Waals surface area contributed by atoms with Crippen molar-refractivity contribution in [1.82, 2.24) is 5.32 Å². The number of carboxylic acids is 1. The van der Waals surface area contributed by atoms with Crippen molar-refractivity contribution in [3.63, 3.8) is 0 Å². The molecule has 3 N–H and O–H groups in total. The first kappa shape index (κ1) is 17.0. The maximum absolute atomic E-state index is 11.6. The summed E-state index contributed by atoms with van der Waals surface area (Å²) in [5.74, 6) is -1.09. The molecule has 1 amide bonds. The molecule has 0 atom stereocenters. The van der Waals surface area contributed by atoms with Gasteiger partial charge in [-0.05, 0) is 50.5 Å². The summed E-state index contributed by atoms with van der Waals surface area (Å²) in [4.78, 5) is 22.7. The number of rotatable bonds is 4. The molecule has 0 aliphatic rings. The van der Waals surface area contributed by atoms with Crippen LogP contribution in [-0.4, -0.2) is 27.9 Å². The van der Waals surface area contributed by atoms with Crippen molar-refractivity contribution in [2.75, 3.05) is 0 Å². The van der Waals surface area contributed by atoms with Crippen LogP contribution in [0, 0.1) is 6.92 Å². The molecule has 0 aliphatic carbocycles. The van der Waals surface area contributed by atoms with Crippen molar-refractivity contribution in [3.05, 3.63) is 34.4 Å². The lowest BCUT2D eigenvalue weighted by Gasteiger charge is -2.20. The molecule has 0 fully saturated rings. The van der Waals surface area contributed by atoms with Gasteiger partial charge in [0.1, 0.15) is 5.60 Å². The quantitative estimate of drug-likeness (QED) is 0.791. The average molecular weight is 295 g/mol. The minimum Gasteiger partial charge on any atom is -0.478 e. The van der Waals surface area contributed by atoms with Crippen molar-refractivity contribution in [1.29, 1.82) is 0 Å². The Bertz CT molecular complexity index is 546. The first-order valence-electron chi connectivity index (χ1n) is 6.58. The third-order valence-electron chi connectivity index (χ3n) is 2.92. The average Bonchev–Trinajstić information content (AvgIpc) is 2.34. The van der Waals surface area contributed by atoms with E-state index in [1.807, 2.05) is 0 Å². The highest BCUT2D eigenvalue weighted by Gasteiger charge is 2.17. The fourth-order valence-electron chi connectivity index (χ4n) is 1.88. The van der Waals surface area contributed by atoms with Gasteiger partial charge in [-0.2, -0.15) is 0 Å². The molecule has 0 aliphatic heterocycles. The standard InChI is InChI=1S/C15H21NO5/c1-9-10(7-16-14(20)21-15(2,3)4)5-6-11(13(18)19)12(9)8-17/h5-6,17H,7-8H2,1-4H3,(H,16,20)(H,18,19). The number of alkyl carbamates (subject to hydrolysis) is 1. The number of aromatic carboxylic acids is 1. The number of amides is 1. The van der Waals surface area contributed by atoms with Gasteiger partial charge in [0.05, 0.1) is 12.2 Å². The lowest BCUT2D eigenvalue weighted by Crippen LogP contribution is -2.32. The summed E-state index contributed by atoms with van der Waals surface area (Å²) in [5.41, 5.74) is 1.22. The van der Waals surface area contributed by atoms with Gasteiger partial charge in [0.25, 0.3) is 0 Å². The molecule has 6 heteroatoms. The molecule has 1 aromatic rings. The topological polar surface area (TPSA) is 95.9 Å². The molecule has 116 valence electrons. The van der Waals surface area contributed by atoms with Gasteiger partial charge in [-0.3, -0.25) is 0 Å². The highest BCUT2D eigenvalue weighted by Crippen LogP contribution is 2.19. The maximum Gasteiger partial charge on any atom is 0.407 e. The summed E-state index contributed by atoms with van der Waals surface area (Å²) in [5, 5.41) is 21.0. The number of carbonyl (C=O) groups excluding carboxylic acids is 1. The van der Waals surface area contributed by atoms with E-state index in [9.17, 15) is 14.7 Å². The van der Waals surface area contributed by atoms with Crippen molar-refractivity contribution in [3.8, 4) is 0 Å². The number of ether oxygens (including phenoxy) is 1. The number of aliphatic hydroxyl groups is 1. The van der Waals surface area contributed by atoms with E-state index in [2.05, 4.69) is 5.32 Å². The Balaban J connectivity index is 2.86. The van der Waals surface area contributed by atoms with Crippen LogP contribution in [-0.2, 0) is 17.9 Å². The summed E-state index contributed by atoms with van der Waals surface area (Å²) in [6.45, 7) is 6.85. The van der Waals surface area contributed by atoms with E-state index in [0.29, 0.717) is 11.1 Å². The number of aliphatic hydroxyl groups excluding tert-OH is 1. The lowest BCUT2D eigenvalue weighted by molar-refractivity contribution is 0.0522. The minimum absolute atomic E-state index is 0.0658. The number of benzene rings is 1. The Morgan fingerprint density at radius 2 is 1.90 bits per heavy atom. The molecule has 0 spiro atoms. The third-order valence-corrected chi connectivity index (χ3v) is 2.92. The van der Waals surface area contributed by atoms with Gasteiger partial charge in [0.2, 0.25) is 0 Å². The van der Waals surface area contributed by atoms with Crippen LogP contribution in [0.4, 0.5) is 4.79 Å². The largest absolute Gasteiger partial charge is 0.478 e. The third kappa shape index (κ3) is 4.75. The summed E-state index contributed by atoms with van der Waals surface area (Å²) >= 11 is 0. The predicted octanol–water partition coefficient (Wildman–Crippen LogP) is 2.21. The highest BCUT2D eigenvalue weighted by molar-refractivity contribution is 5.90. The molecule has 0 saturated carbocycles. The fraction of sp³-hybridized carbons (Fsp3) is 0.467. The second-order valence-electron chi connectivity index (χ2n) is 5.69. The second kappa shape index (κ2) is 6.58. The van der Waals surface area contributed by atoms with Crippen LogP contribution in [0.3, 0.4) is 0 Å². The summed E-state index contributed by atoms with van der Waals surface area (Å²) in [6.07, 6.45) is -0.547. The normalized spacial score (nSPS) is 11.1. The zero-order valence-electron chi connectivity index (χ0n) is 12.7. The highest BCUT2D eigenvalue weighted by atomic mass is 16.6. The van der Waals surface area contributed by atoms with Crippen molar-refractivity contribution in [2.45, 2.75) is 46.4 Å². The predicted molar refractivity (Wildman–Crippen MR) is 77.1 cm³/mol. The van der Waals surface area contributed by atoms with Crippen molar-refractivity contribution >= 4 is 12.1 Å². The minimum atomic E-state index is -1.09. The summed E-state index contributed by atoms with van der Waals surface area (Å²) < 4.78 is 5.12. The van der Waals surface area contributed by atoms with Crippen LogP contribution < -0.4 is 5.32 Å². The van der Waals surface area contributed by atoms with E-state index < -0.39 is 17.7 Å². The Morgan fingerprint density at radius 3 is 2.38 bits per heavy atom. The van der Waals surface area contributed by atoms with Gasteiger partial charge in [0, 0.05) is 6.54 Å². The van der Waals surface area contributed by atoms with Crippen molar-refractivity contribution < 1.29 is 24.5 Å². The fourth-order valence-corrected chi connectivity index (χ4v) is 1.88. The number of hydrogen-bond acceptors (Lipinski definition) is 4. The van der Waals surface area contributed by atoms with Crippen molar-refractivity contribution in [2.24, 2.45) is 0 Å². The Labute approximate surface area is 123 Å². The van der Waals surface area contributed by atoms with E-state index in [-0.39, 0.29) is 18.7 Å². The first-order valence-corrected chi connectivity index (χ1v) is 6.58. The van der Waals surface area contributed by atoms with Gasteiger partial charge in [0.15, 0.2) is 0 Å². The van der Waals surface area contributed by atoms with Crippen LogP contribution >= 0.6 is 0 Å². The number of hydrogen-bond donors (Lipinski definition) is 3. The van der Waals surface area contributed by atoms with Crippen LogP contribution in [0.5, 0.6) is 0 Å². The van der Waals surface area contributed by atoms with Gasteiger partial charge in [-0.15, -0.1) is 0 Å². The molecule has 0 unspecified atom stereocenters. The molecule has 0 saturated heterocycles. The van der Waals surface area contributed by atoms with Crippen LogP contribution in [0.1, 0.15) is 47.8 Å². The molecule has 6 nitrogen and oxygen atoms in total. The van der Waals surface area contributed by atoms with Crippen LogP contribution in [0.15, 0.2) is 12.1 Å². The maximum atomic E-state index is 11.6. The molecule has 21 heavy (non-hydrogen) atoms. The van der Waals surface area contributed by atoms with E-state index in [0.717, 1.165) is 5.56 Å². The zero-order chi connectivity index (χ0) is 16.2. The molecule has 0 bridgehead atoms. The van der Waals surface area contributed by atoms with E-state index in [1.165, 1.54) is 6.07 Å². The summed E-state index contributed by atoms with van der Waals surface area (Å²) in [6, 6.07) is 3.04. The molecular weight excluding hydrogens is 274 g/mol. The molecule has 0 heterocycles. The molecule has 0 radical (unpaired) electrons. The van der Waals surface area contributed by atoms with Gasteiger partial charge < -0.3 is 20.3 Å². The van der Waals surface area contributed by atoms with E-state index >= 15 is 0 Å². The van der Waals surface area contributed by atoms with Gasteiger partial charge >= 0.3 is 12.1 Å². The Hall–Kier alpha value is -2.08. The number of nitrogens with one attached hydrogen (secondary N) is 1. The lowest BCUT2D eigenvalue weighted by atomic mass is 9.97. The first-order chi connectivity index (χ1) is 9.65. The molecule has 0 aromatic heterocycles. The van der Waals surface area contributed by atoms with Gasteiger partial charge in [-0.1, -0.05) is 6.07 Å². The molecule has 1 rings (SSSR count). The van der Waals surface area contributed by atoms with Gasteiger partial charge in [-0.25, -0.2) is 9.59 Å². The monoisotopic (exact) mass is 295 g/mol. The smallest absolute Gasteiger partial charge is 0.407 e. The Kier molecular flexibility index (Phi) is 5.32. The number of carboxylic acid groups (broad SMARTS) is 1. The second-order valence-corrected chi connectivity index (χ2v) is 5.69. The van der Waals surface area contributed by atoms with Crippen LogP contribution in [0.25, 0.3) is 0 Å². The molecule has 1 aromatic carbocycles. The van der Waals surface area contributed by atoms with E-state index in [1.54, 1.807) is 33.8 Å². The molecular formula is C15H21NO5. The summed E-state index contributed by atoms with van der Waals surface area (Å²) in [7, 11) is 0.